The molecular formula is C15H16N2O3S. The molecule has 3 heterocycles. The third-order valence-corrected chi connectivity index (χ3v) is 4.86. The summed E-state index contributed by atoms with van der Waals surface area (Å²) < 4.78 is 1.85. The summed E-state index contributed by atoms with van der Waals surface area (Å²) >= 11 is 1.72. The van der Waals surface area contributed by atoms with Gasteiger partial charge in [-0.25, -0.2) is 4.79 Å². The summed E-state index contributed by atoms with van der Waals surface area (Å²) in [5.74, 6) is 0.238. The molecule has 0 aromatic carbocycles. The SMILES string of the molecule is O=C(NC1(C(=O)O)CCSCC1)c1cc2ccccn2c1. The van der Waals surface area contributed by atoms with Crippen LogP contribution in [0.4, 0.5) is 0 Å². The van der Waals surface area contributed by atoms with Crippen LogP contribution in [-0.2, 0) is 4.79 Å². The second-order valence-electron chi connectivity index (χ2n) is 5.22. The van der Waals surface area contributed by atoms with Gasteiger partial charge < -0.3 is 14.8 Å². The molecule has 6 heteroatoms. The van der Waals surface area contributed by atoms with Gasteiger partial charge in [-0.3, -0.25) is 4.79 Å². The van der Waals surface area contributed by atoms with E-state index in [1.54, 1.807) is 24.0 Å². The van der Waals surface area contributed by atoms with Crippen LogP contribution in [0.1, 0.15) is 23.2 Å². The van der Waals surface area contributed by atoms with Gasteiger partial charge in [0.2, 0.25) is 0 Å². The van der Waals surface area contributed by atoms with Crippen LogP contribution in [0.25, 0.3) is 5.52 Å². The molecule has 0 saturated carbocycles. The minimum Gasteiger partial charge on any atom is -0.480 e. The molecule has 1 aliphatic rings. The van der Waals surface area contributed by atoms with Crippen molar-refractivity contribution >= 4 is 29.2 Å². The van der Waals surface area contributed by atoms with Crippen molar-refractivity contribution in [2.24, 2.45) is 0 Å². The van der Waals surface area contributed by atoms with Crippen molar-refractivity contribution in [2.75, 3.05) is 11.5 Å². The number of nitrogens with one attached hydrogen (secondary N) is 1. The van der Waals surface area contributed by atoms with Crippen molar-refractivity contribution in [3.8, 4) is 0 Å². The molecule has 2 N–H and O–H groups in total. The zero-order valence-electron chi connectivity index (χ0n) is 11.4. The number of aliphatic carboxylic acids is 1. The summed E-state index contributed by atoms with van der Waals surface area (Å²) in [6, 6.07) is 7.45. The molecular weight excluding hydrogens is 288 g/mol. The van der Waals surface area contributed by atoms with Crippen LogP contribution in [0, 0.1) is 0 Å². The number of nitrogens with zero attached hydrogens (tertiary/aromatic N) is 1. The number of carboxylic acid groups (broad SMARTS) is 1. The van der Waals surface area contributed by atoms with E-state index in [9.17, 15) is 14.7 Å². The molecule has 1 aliphatic heterocycles. The van der Waals surface area contributed by atoms with E-state index in [1.165, 1.54) is 0 Å². The quantitative estimate of drug-likeness (QED) is 0.910. The summed E-state index contributed by atoms with van der Waals surface area (Å²) in [4.78, 5) is 24.0. The highest BCUT2D eigenvalue weighted by atomic mass is 32.2. The lowest BCUT2D eigenvalue weighted by atomic mass is 9.92. The maximum Gasteiger partial charge on any atom is 0.329 e. The Morgan fingerprint density at radius 3 is 2.71 bits per heavy atom. The summed E-state index contributed by atoms with van der Waals surface area (Å²) in [6.45, 7) is 0. The van der Waals surface area contributed by atoms with E-state index in [0.29, 0.717) is 18.4 Å². The minimum absolute atomic E-state index is 0.326. The highest BCUT2D eigenvalue weighted by Crippen LogP contribution is 2.28. The average molecular weight is 304 g/mol. The lowest BCUT2D eigenvalue weighted by molar-refractivity contribution is -0.144. The van der Waals surface area contributed by atoms with Crippen molar-refractivity contribution < 1.29 is 14.7 Å². The highest BCUT2D eigenvalue weighted by molar-refractivity contribution is 7.99. The second kappa shape index (κ2) is 5.44. The van der Waals surface area contributed by atoms with Crippen molar-refractivity contribution in [1.29, 1.82) is 0 Å². The molecule has 0 bridgehead atoms. The normalized spacial score (nSPS) is 17.5. The fourth-order valence-corrected chi connectivity index (χ4v) is 3.77. The Balaban J connectivity index is 1.85. The molecule has 0 aliphatic carbocycles. The molecule has 0 spiro atoms. The largest absolute Gasteiger partial charge is 0.480 e. The van der Waals surface area contributed by atoms with E-state index in [0.717, 1.165) is 17.0 Å². The van der Waals surface area contributed by atoms with Crippen molar-refractivity contribution in [2.45, 2.75) is 18.4 Å². The molecule has 0 atom stereocenters. The molecule has 1 fully saturated rings. The predicted molar refractivity (Wildman–Crippen MR) is 81.8 cm³/mol. The molecule has 0 unspecified atom stereocenters. The van der Waals surface area contributed by atoms with Crippen LogP contribution in [0.5, 0.6) is 0 Å². The molecule has 110 valence electrons. The van der Waals surface area contributed by atoms with Gasteiger partial charge in [-0.2, -0.15) is 11.8 Å². The third kappa shape index (κ3) is 2.63. The second-order valence-corrected chi connectivity index (χ2v) is 6.44. The first-order chi connectivity index (χ1) is 10.1. The van der Waals surface area contributed by atoms with E-state index >= 15 is 0 Å². The molecule has 5 nitrogen and oxygen atoms in total. The molecule has 3 rings (SSSR count). The van der Waals surface area contributed by atoms with E-state index < -0.39 is 11.5 Å². The number of amides is 1. The number of carbonyl (C=O) groups excluding carboxylic acids is 1. The molecule has 2 aromatic heterocycles. The van der Waals surface area contributed by atoms with Crippen molar-refractivity contribution in [3.63, 3.8) is 0 Å². The lowest BCUT2D eigenvalue weighted by Crippen LogP contribution is -2.56. The average Bonchev–Trinajstić information content (AvgIpc) is 2.92. The molecule has 1 saturated heterocycles. The monoisotopic (exact) mass is 304 g/mol. The first kappa shape index (κ1) is 14.0. The van der Waals surface area contributed by atoms with Gasteiger partial charge in [-0.15, -0.1) is 0 Å². The maximum absolute atomic E-state index is 12.4. The van der Waals surface area contributed by atoms with Crippen LogP contribution >= 0.6 is 11.8 Å². The van der Waals surface area contributed by atoms with Crippen molar-refractivity contribution in [1.82, 2.24) is 9.72 Å². The van der Waals surface area contributed by atoms with Gasteiger partial charge in [-0.05, 0) is 42.5 Å². The molecule has 0 radical (unpaired) electrons. The number of aromatic nitrogens is 1. The number of fused-ring (bicyclic) bond motifs is 1. The number of carbonyl (C=O) groups is 2. The summed E-state index contributed by atoms with van der Waals surface area (Å²) in [6.07, 6.45) is 4.51. The Morgan fingerprint density at radius 1 is 1.29 bits per heavy atom. The van der Waals surface area contributed by atoms with Gasteiger partial charge in [0, 0.05) is 17.9 Å². The Hall–Kier alpha value is -1.95. The number of thioether (sulfide) groups is 1. The first-order valence-electron chi connectivity index (χ1n) is 6.81. The van der Waals surface area contributed by atoms with Gasteiger partial charge in [-0.1, -0.05) is 6.07 Å². The van der Waals surface area contributed by atoms with Gasteiger partial charge in [0.05, 0.1) is 5.56 Å². The van der Waals surface area contributed by atoms with Crippen LogP contribution < -0.4 is 5.32 Å². The Morgan fingerprint density at radius 2 is 2.05 bits per heavy atom. The number of pyridine rings is 1. The first-order valence-corrected chi connectivity index (χ1v) is 7.97. The van der Waals surface area contributed by atoms with Gasteiger partial charge in [0.25, 0.3) is 5.91 Å². The molecule has 21 heavy (non-hydrogen) atoms. The van der Waals surface area contributed by atoms with E-state index in [4.69, 9.17) is 0 Å². The topological polar surface area (TPSA) is 70.8 Å². The van der Waals surface area contributed by atoms with E-state index in [1.807, 2.05) is 28.8 Å². The summed E-state index contributed by atoms with van der Waals surface area (Å²) in [7, 11) is 0. The Kier molecular flexibility index (Phi) is 3.63. The van der Waals surface area contributed by atoms with Crippen LogP contribution in [0.3, 0.4) is 0 Å². The molecule has 2 aromatic rings. The zero-order chi connectivity index (χ0) is 14.9. The fraction of sp³-hybridized carbons (Fsp3) is 0.333. The van der Waals surface area contributed by atoms with Crippen LogP contribution in [0.15, 0.2) is 36.7 Å². The number of rotatable bonds is 3. The molecule has 1 amide bonds. The Bertz CT molecular complexity index is 656. The van der Waals surface area contributed by atoms with Gasteiger partial charge >= 0.3 is 5.97 Å². The van der Waals surface area contributed by atoms with E-state index in [-0.39, 0.29) is 5.91 Å². The lowest BCUT2D eigenvalue weighted by Gasteiger charge is -2.33. The smallest absolute Gasteiger partial charge is 0.329 e. The number of hydrogen-bond donors (Lipinski definition) is 2. The van der Waals surface area contributed by atoms with Crippen LogP contribution in [-0.4, -0.2) is 38.4 Å². The van der Waals surface area contributed by atoms with Gasteiger partial charge in [0.15, 0.2) is 0 Å². The van der Waals surface area contributed by atoms with Gasteiger partial charge in [0.1, 0.15) is 5.54 Å². The minimum atomic E-state index is -1.13. The summed E-state index contributed by atoms with van der Waals surface area (Å²) in [5, 5.41) is 12.2. The fourth-order valence-electron chi connectivity index (χ4n) is 2.58. The number of carboxylic acids is 1. The third-order valence-electron chi connectivity index (χ3n) is 3.88. The number of hydrogen-bond acceptors (Lipinski definition) is 3. The van der Waals surface area contributed by atoms with E-state index in [2.05, 4.69) is 5.32 Å². The summed E-state index contributed by atoms with van der Waals surface area (Å²) in [5.41, 5.74) is 0.266. The highest BCUT2D eigenvalue weighted by Gasteiger charge is 2.41. The predicted octanol–water partition coefficient (Wildman–Crippen LogP) is 2.02. The van der Waals surface area contributed by atoms with Crippen molar-refractivity contribution in [3.05, 3.63) is 42.2 Å². The van der Waals surface area contributed by atoms with Crippen LogP contribution in [0.2, 0.25) is 0 Å². The Labute approximate surface area is 126 Å². The standard InChI is InChI=1S/C15H16N2O3S/c18-13(11-9-12-3-1-2-6-17(12)10-11)16-15(14(19)20)4-7-21-8-5-15/h1-3,6,9-10H,4-5,7-8H2,(H,16,18)(H,19,20). The zero-order valence-corrected chi connectivity index (χ0v) is 12.2. The maximum atomic E-state index is 12.4.